The first-order valence-electron chi connectivity index (χ1n) is 11.9. The van der Waals surface area contributed by atoms with Gasteiger partial charge in [-0.25, -0.2) is 9.78 Å². The molecule has 3 amide bonds. The Balaban J connectivity index is 1.38. The Bertz CT molecular complexity index is 955. The van der Waals surface area contributed by atoms with Crippen LogP contribution in [0.1, 0.15) is 55.2 Å². The van der Waals surface area contributed by atoms with E-state index in [4.69, 9.17) is 4.98 Å². The Morgan fingerprint density at radius 1 is 1.09 bits per heavy atom. The van der Waals surface area contributed by atoms with Gasteiger partial charge >= 0.3 is 6.03 Å². The molecule has 0 atom stereocenters. The number of carbonyl (C=O) groups excluding carboxylic acids is 2. The number of carbonyl (C=O) groups is 2. The molecule has 1 aliphatic heterocycles. The lowest BCUT2D eigenvalue weighted by Gasteiger charge is -2.35. The molecule has 1 N–H and O–H groups in total. The normalized spacial score (nSPS) is 18.2. The number of nitrogens with zero attached hydrogens (tertiary/aromatic N) is 5. The summed E-state index contributed by atoms with van der Waals surface area (Å²) in [5.41, 5.74) is 2.58. The Kier molecular flexibility index (Phi) is 6.98. The molecule has 0 radical (unpaired) electrons. The molecule has 8 heteroatoms. The lowest BCUT2D eigenvalue weighted by atomic mass is 9.96. The first kappa shape index (κ1) is 22.6. The number of fused-ring (bicyclic) bond motifs is 1. The van der Waals surface area contributed by atoms with Crippen molar-refractivity contribution in [1.29, 1.82) is 0 Å². The maximum absolute atomic E-state index is 12.6. The van der Waals surface area contributed by atoms with Crippen LogP contribution in [-0.4, -0.2) is 82.5 Å². The molecule has 0 spiro atoms. The number of urea groups is 1. The molecule has 1 saturated carbocycles. The van der Waals surface area contributed by atoms with E-state index in [2.05, 4.69) is 21.7 Å². The van der Waals surface area contributed by atoms with E-state index in [9.17, 15) is 9.59 Å². The van der Waals surface area contributed by atoms with Crippen LogP contribution in [-0.2, 0) is 13.1 Å². The topological polar surface area (TPSA) is 73.7 Å². The van der Waals surface area contributed by atoms with Crippen LogP contribution in [0.5, 0.6) is 0 Å². The van der Waals surface area contributed by atoms with Crippen LogP contribution in [0.25, 0.3) is 11.0 Å². The van der Waals surface area contributed by atoms with Crippen molar-refractivity contribution in [2.75, 3.05) is 40.3 Å². The Labute approximate surface area is 190 Å². The first-order chi connectivity index (χ1) is 15.5. The summed E-state index contributed by atoms with van der Waals surface area (Å²) in [4.78, 5) is 35.7. The van der Waals surface area contributed by atoms with E-state index in [0.29, 0.717) is 11.6 Å². The fourth-order valence-corrected chi connectivity index (χ4v) is 4.87. The van der Waals surface area contributed by atoms with Gasteiger partial charge in [0.05, 0.1) is 17.6 Å². The van der Waals surface area contributed by atoms with Gasteiger partial charge in [-0.05, 0) is 38.0 Å². The number of amides is 3. The SMILES string of the molecule is CCn1c(CN2CCN(C(=O)NC3CCCCC3)CC2)nc2cc(C(=O)N(C)C)ccc21. The minimum Gasteiger partial charge on any atom is -0.345 e. The Morgan fingerprint density at radius 3 is 2.47 bits per heavy atom. The summed E-state index contributed by atoms with van der Waals surface area (Å²) in [5, 5.41) is 3.23. The van der Waals surface area contributed by atoms with Gasteiger partial charge in [0.25, 0.3) is 5.91 Å². The zero-order valence-electron chi connectivity index (χ0n) is 19.6. The molecular weight excluding hydrogens is 404 g/mol. The fraction of sp³-hybridized carbons (Fsp3) is 0.625. The predicted octanol–water partition coefficient (Wildman–Crippen LogP) is 2.92. The molecule has 2 fully saturated rings. The van der Waals surface area contributed by atoms with Crippen LogP contribution in [0.2, 0.25) is 0 Å². The highest BCUT2D eigenvalue weighted by molar-refractivity contribution is 5.97. The zero-order valence-corrected chi connectivity index (χ0v) is 19.6. The van der Waals surface area contributed by atoms with E-state index >= 15 is 0 Å². The summed E-state index contributed by atoms with van der Waals surface area (Å²) in [6, 6.07) is 6.21. The number of rotatable bonds is 5. The molecule has 8 nitrogen and oxygen atoms in total. The lowest BCUT2D eigenvalue weighted by molar-refractivity contribution is 0.0827. The predicted molar refractivity (Wildman–Crippen MR) is 126 cm³/mol. The molecule has 1 aliphatic carbocycles. The van der Waals surface area contributed by atoms with Crippen molar-refractivity contribution in [3.8, 4) is 0 Å². The van der Waals surface area contributed by atoms with Crippen LogP contribution in [0.3, 0.4) is 0 Å². The maximum Gasteiger partial charge on any atom is 0.317 e. The molecule has 1 saturated heterocycles. The minimum atomic E-state index is -0.0119. The minimum absolute atomic E-state index is 0.0119. The number of hydrogen-bond donors (Lipinski definition) is 1. The molecule has 2 aromatic rings. The number of piperazine rings is 1. The third-order valence-electron chi connectivity index (χ3n) is 6.75. The molecule has 174 valence electrons. The second kappa shape index (κ2) is 9.90. The first-order valence-corrected chi connectivity index (χ1v) is 11.9. The number of nitrogens with one attached hydrogen (secondary N) is 1. The molecule has 2 aliphatic rings. The Morgan fingerprint density at radius 2 is 1.81 bits per heavy atom. The number of aryl methyl sites for hydroxylation is 1. The summed E-state index contributed by atoms with van der Waals surface area (Å²) < 4.78 is 2.22. The van der Waals surface area contributed by atoms with E-state index in [1.807, 2.05) is 23.1 Å². The largest absolute Gasteiger partial charge is 0.345 e. The highest BCUT2D eigenvalue weighted by Gasteiger charge is 2.25. The Hall–Kier alpha value is -2.61. The monoisotopic (exact) mass is 440 g/mol. The van der Waals surface area contributed by atoms with Crippen molar-refractivity contribution in [2.24, 2.45) is 0 Å². The maximum atomic E-state index is 12.6. The molecule has 32 heavy (non-hydrogen) atoms. The fourth-order valence-electron chi connectivity index (χ4n) is 4.87. The van der Waals surface area contributed by atoms with E-state index in [-0.39, 0.29) is 11.9 Å². The molecule has 1 aromatic heterocycles. The van der Waals surface area contributed by atoms with Gasteiger partial charge in [0.2, 0.25) is 0 Å². The summed E-state index contributed by atoms with van der Waals surface area (Å²) >= 11 is 0. The van der Waals surface area contributed by atoms with Gasteiger partial charge in [-0.3, -0.25) is 9.69 Å². The molecular formula is C24H36N6O2. The average Bonchev–Trinajstić information content (AvgIpc) is 3.15. The van der Waals surface area contributed by atoms with Gasteiger partial charge in [0.15, 0.2) is 0 Å². The quantitative estimate of drug-likeness (QED) is 0.776. The molecule has 0 unspecified atom stereocenters. The second-order valence-corrected chi connectivity index (χ2v) is 9.22. The number of imidazole rings is 1. The highest BCUT2D eigenvalue weighted by Crippen LogP contribution is 2.21. The second-order valence-electron chi connectivity index (χ2n) is 9.22. The number of hydrogen-bond acceptors (Lipinski definition) is 4. The number of benzene rings is 1. The summed E-state index contributed by atoms with van der Waals surface area (Å²) in [6.45, 7) is 6.87. The van der Waals surface area contributed by atoms with Gasteiger partial charge < -0.3 is 19.7 Å². The van der Waals surface area contributed by atoms with Crippen molar-refractivity contribution in [3.63, 3.8) is 0 Å². The zero-order chi connectivity index (χ0) is 22.7. The summed E-state index contributed by atoms with van der Waals surface area (Å²) in [5.74, 6) is 0.999. The van der Waals surface area contributed by atoms with Crippen molar-refractivity contribution in [2.45, 2.75) is 58.2 Å². The van der Waals surface area contributed by atoms with E-state index in [0.717, 1.165) is 69.0 Å². The van der Waals surface area contributed by atoms with Gasteiger partial charge in [-0.1, -0.05) is 19.3 Å². The van der Waals surface area contributed by atoms with E-state index in [1.54, 1.807) is 19.0 Å². The van der Waals surface area contributed by atoms with Gasteiger partial charge in [-0.2, -0.15) is 0 Å². The molecule has 4 rings (SSSR count). The summed E-state index contributed by atoms with van der Waals surface area (Å²) in [6.07, 6.45) is 5.96. The van der Waals surface area contributed by atoms with Crippen molar-refractivity contribution >= 4 is 23.0 Å². The molecule has 2 heterocycles. The van der Waals surface area contributed by atoms with E-state index in [1.165, 1.54) is 19.3 Å². The van der Waals surface area contributed by atoms with Crippen LogP contribution in [0, 0.1) is 0 Å². The third-order valence-corrected chi connectivity index (χ3v) is 6.75. The van der Waals surface area contributed by atoms with Crippen LogP contribution in [0.15, 0.2) is 18.2 Å². The van der Waals surface area contributed by atoms with E-state index < -0.39 is 0 Å². The summed E-state index contributed by atoms with van der Waals surface area (Å²) in [7, 11) is 3.52. The number of aromatic nitrogens is 2. The van der Waals surface area contributed by atoms with Crippen molar-refractivity contribution < 1.29 is 9.59 Å². The standard InChI is InChI=1S/C24H36N6O2/c1-4-30-21-11-10-18(23(31)27(2)3)16-20(21)26-22(30)17-28-12-14-29(15-13-28)24(32)25-19-8-6-5-7-9-19/h10-11,16,19H,4-9,12-15,17H2,1-3H3,(H,25,32). The van der Waals surface area contributed by atoms with Gasteiger partial charge in [-0.15, -0.1) is 0 Å². The van der Waals surface area contributed by atoms with Crippen LogP contribution < -0.4 is 5.32 Å². The van der Waals surface area contributed by atoms with Gasteiger partial charge in [0.1, 0.15) is 5.82 Å². The van der Waals surface area contributed by atoms with Crippen LogP contribution in [0.4, 0.5) is 4.79 Å². The van der Waals surface area contributed by atoms with Crippen LogP contribution >= 0.6 is 0 Å². The third kappa shape index (κ3) is 4.90. The van der Waals surface area contributed by atoms with Crippen molar-refractivity contribution in [1.82, 2.24) is 29.6 Å². The molecule has 0 bridgehead atoms. The average molecular weight is 441 g/mol. The lowest BCUT2D eigenvalue weighted by Crippen LogP contribution is -2.53. The molecule has 1 aromatic carbocycles. The van der Waals surface area contributed by atoms with Gasteiger partial charge in [0, 0.05) is 58.4 Å². The van der Waals surface area contributed by atoms with Crippen molar-refractivity contribution in [3.05, 3.63) is 29.6 Å². The smallest absolute Gasteiger partial charge is 0.317 e. The highest BCUT2D eigenvalue weighted by atomic mass is 16.2.